The minimum atomic E-state index is -0.619. The average Bonchev–Trinajstić information content (AvgIpc) is 2.45. The number of pyridine rings is 1. The van der Waals surface area contributed by atoms with Gasteiger partial charge in [0, 0.05) is 25.2 Å². The lowest BCUT2D eigenvalue weighted by Gasteiger charge is -2.24. The summed E-state index contributed by atoms with van der Waals surface area (Å²) in [5.41, 5.74) is -0.477. The number of morpholine rings is 1. The smallest absolute Gasteiger partial charge is 0.305 e. The van der Waals surface area contributed by atoms with Crippen LogP contribution < -0.4 is 10.6 Å². The fourth-order valence-corrected chi connectivity index (χ4v) is 1.76. The molecule has 1 aromatic heterocycles. The van der Waals surface area contributed by atoms with Gasteiger partial charge in [-0.05, 0) is 6.07 Å². The molecule has 1 aromatic rings. The molecule has 0 radical (unpaired) electrons. The van der Waals surface area contributed by atoms with Crippen molar-refractivity contribution in [1.29, 1.82) is 5.26 Å². The van der Waals surface area contributed by atoms with Gasteiger partial charge in [0.15, 0.2) is 0 Å². The normalized spacial score (nSPS) is 18.6. The Bertz CT molecular complexity index is 508. The summed E-state index contributed by atoms with van der Waals surface area (Å²) in [6, 6.07) is 4.65. The summed E-state index contributed by atoms with van der Waals surface area (Å²) in [7, 11) is 0. The van der Waals surface area contributed by atoms with E-state index in [2.05, 4.69) is 15.6 Å². The van der Waals surface area contributed by atoms with Gasteiger partial charge in [-0.1, -0.05) is 0 Å². The third-order valence-corrected chi connectivity index (χ3v) is 2.70. The third kappa shape index (κ3) is 3.37. The van der Waals surface area contributed by atoms with Crippen molar-refractivity contribution in [3.8, 4) is 6.07 Å². The zero-order valence-corrected chi connectivity index (χ0v) is 10.1. The largest absolute Gasteiger partial charge is 0.378 e. The monoisotopic (exact) mass is 263 g/mol. The number of hydrogen-bond donors (Lipinski definition) is 2. The Morgan fingerprint density at radius 3 is 3.16 bits per heavy atom. The lowest BCUT2D eigenvalue weighted by molar-refractivity contribution is -0.385. The number of hydrogen-bond acceptors (Lipinski definition) is 7. The summed E-state index contributed by atoms with van der Waals surface area (Å²) < 4.78 is 5.30. The predicted molar refractivity (Wildman–Crippen MR) is 66.7 cm³/mol. The van der Waals surface area contributed by atoms with Crippen molar-refractivity contribution in [2.45, 2.75) is 6.04 Å². The molecule has 100 valence electrons. The van der Waals surface area contributed by atoms with Crippen LogP contribution >= 0.6 is 0 Å². The van der Waals surface area contributed by atoms with Gasteiger partial charge in [-0.3, -0.25) is 10.1 Å². The molecule has 2 rings (SSSR count). The van der Waals surface area contributed by atoms with Crippen molar-refractivity contribution in [3.05, 3.63) is 27.9 Å². The van der Waals surface area contributed by atoms with E-state index in [9.17, 15) is 10.1 Å². The molecule has 2 N–H and O–H groups in total. The minimum absolute atomic E-state index is 0.163. The number of nitro groups is 1. The van der Waals surface area contributed by atoms with Crippen molar-refractivity contribution in [2.75, 3.05) is 31.6 Å². The van der Waals surface area contributed by atoms with Crippen LogP contribution in [0.5, 0.6) is 0 Å². The van der Waals surface area contributed by atoms with E-state index >= 15 is 0 Å². The van der Waals surface area contributed by atoms with Gasteiger partial charge in [-0.15, -0.1) is 0 Å². The highest BCUT2D eigenvalue weighted by Crippen LogP contribution is 2.17. The van der Waals surface area contributed by atoms with E-state index in [4.69, 9.17) is 10.00 Å². The molecule has 0 amide bonds. The highest BCUT2D eigenvalue weighted by atomic mass is 16.6. The average molecular weight is 263 g/mol. The van der Waals surface area contributed by atoms with E-state index in [0.29, 0.717) is 25.6 Å². The molecule has 0 aliphatic carbocycles. The van der Waals surface area contributed by atoms with Crippen LogP contribution in [0.15, 0.2) is 12.1 Å². The molecular weight excluding hydrogens is 250 g/mol. The third-order valence-electron chi connectivity index (χ3n) is 2.70. The van der Waals surface area contributed by atoms with Gasteiger partial charge in [0.05, 0.1) is 18.1 Å². The minimum Gasteiger partial charge on any atom is -0.378 e. The first-order valence-corrected chi connectivity index (χ1v) is 5.81. The highest BCUT2D eigenvalue weighted by molar-refractivity contribution is 5.50. The van der Waals surface area contributed by atoms with Gasteiger partial charge in [0.25, 0.3) is 0 Å². The Morgan fingerprint density at radius 2 is 2.53 bits per heavy atom. The van der Waals surface area contributed by atoms with Crippen LogP contribution in [0.4, 0.5) is 11.5 Å². The molecule has 19 heavy (non-hydrogen) atoms. The van der Waals surface area contributed by atoms with Crippen molar-refractivity contribution in [3.63, 3.8) is 0 Å². The lowest BCUT2D eigenvalue weighted by Crippen LogP contribution is -2.45. The van der Waals surface area contributed by atoms with Crippen LogP contribution in [-0.2, 0) is 4.74 Å². The van der Waals surface area contributed by atoms with Crippen molar-refractivity contribution in [1.82, 2.24) is 10.3 Å². The van der Waals surface area contributed by atoms with Crippen molar-refractivity contribution >= 4 is 11.5 Å². The Labute approximate surface area is 109 Å². The second-order valence-electron chi connectivity index (χ2n) is 4.04. The standard InChI is InChI=1S/C11H13N5O3/c12-5-9-10(16(17)18)1-2-11(15-9)14-6-8-7-19-4-3-13-8/h1-2,8,13H,3-4,6-7H2,(H,14,15). The quantitative estimate of drug-likeness (QED) is 0.591. The first-order chi connectivity index (χ1) is 9.20. The summed E-state index contributed by atoms with van der Waals surface area (Å²) in [6.45, 7) is 2.68. The van der Waals surface area contributed by atoms with Gasteiger partial charge in [0.2, 0.25) is 5.69 Å². The number of nitrogens with one attached hydrogen (secondary N) is 2. The second kappa shape index (κ2) is 6.08. The molecule has 1 atom stereocenters. The molecule has 2 heterocycles. The van der Waals surface area contributed by atoms with Crippen LogP contribution in [0.25, 0.3) is 0 Å². The van der Waals surface area contributed by atoms with Gasteiger partial charge < -0.3 is 15.4 Å². The van der Waals surface area contributed by atoms with Gasteiger partial charge >= 0.3 is 5.69 Å². The Morgan fingerprint density at radius 1 is 1.68 bits per heavy atom. The molecule has 1 aliphatic rings. The van der Waals surface area contributed by atoms with Crippen LogP contribution in [0.1, 0.15) is 5.69 Å². The van der Waals surface area contributed by atoms with E-state index in [1.54, 1.807) is 6.07 Å². The molecular formula is C11H13N5O3. The van der Waals surface area contributed by atoms with Gasteiger partial charge in [-0.25, -0.2) is 4.98 Å². The summed E-state index contributed by atoms with van der Waals surface area (Å²) in [5.74, 6) is 0.439. The van der Waals surface area contributed by atoms with Gasteiger partial charge in [-0.2, -0.15) is 5.26 Å². The Kier molecular flexibility index (Phi) is 4.22. The summed E-state index contributed by atoms with van der Waals surface area (Å²) in [4.78, 5) is 14.0. The number of nitriles is 1. The molecule has 0 spiro atoms. The molecule has 0 saturated carbocycles. The fraction of sp³-hybridized carbons (Fsp3) is 0.455. The van der Waals surface area contributed by atoms with Crippen molar-refractivity contribution < 1.29 is 9.66 Å². The zero-order valence-electron chi connectivity index (χ0n) is 10.1. The van der Waals surface area contributed by atoms with E-state index < -0.39 is 4.92 Å². The van der Waals surface area contributed by atoms with Crippen molar-refractivity contribution in [2.24, 2.45) is 0 Å². The Hall–Kier alpha value is -2.24. The number of rotatable bonds is 4. The predicted octanol–water partition coefficient (Wildman–Crippen LogP) is 0.262. The lowest BCUT2D eigenvalue weighted by atomic mass is 10.2. The summed E-state index contributed by atoms with van der Waals surface area (Å²) in [5, 5.41) is 25.8. The summed E-state index contributed by atoms with van der Waals surface area (Å²) in [6.07, 6.45) is 0. The molecule has 1 fully saturated rings. The topological polar surface area (TPSA) is 113 Å². The first-order valence-electron chi connectivity index (χ1n) is 5.81. The maximum absolute atomic E-state index is 10.7. The fourth-order valence-electron chi connectivity index (χ4n) is 1.76. The van der Waals surface area contributed by atoms with E-state index in [0.717, 1.165) is 6.54 Å². The molecule has 0 bridgehead atoms. The van der Waals surface area contributed by atoms with Crippen LogP contribution in [0, 0.1) is 21.4 Å². The first kappa shape index (κ1) is 13.2. The molecule has 1 aliphatic heterocycles. The maximum atomic E-state index is 10.7. The second-order valence-corrected chi connectivity index (χ2v) is 4.04. The number of aromatic nitrogens is 1. The van der Waals surface area contributed by atoms with E-state index in [-0.39, 0.29) is 17.4 Å². The molecule has 1 saturated heterocycles. The maximum Gasteiger partial charge on any atom is 0.305 e. The van der Waals surface area contributed by atoms with Crippen LogP contribution in [-0.4, -0.2) is 42.3 Å². The molecule has 8 nitrogen and oxygen atoms in total. The number of nitrogens with zero attached hydrogens (tertiary/aromatic N) is 3. The highest BCUT2D eigenvalue weighted by Gasteiger charge is 2.17. The SMILES string of the molecule is N#Cc1nc(NCC2COCCN2)ccc1[N+](=O)[O-]. The van der Waals surface area contributed by atoms with E-state index in [1.165, 1.54) is 12.1 Å². The van der Waals surface area contributed by atoms with Crippen LogP contribution in [0.2, 0.25) is 0 Å². The van der Waals surface area contributed by atoms with Crippen LogP contribution in [0.3, 0.4) is 0 Å². The Balaban J connectivity index is 2.01. The number of ether oxygens (including phenoxy) is 1. The molecule has 0 aromatic carbocycles. The van der Waals surface area contributed by atoms with E-state index in [1.807, 2.05) is 0 Å². The molecule has 1 unspecified atom stereocenters. The summed E-state index contributed by atoms with van der Waals surface area (Å²) >= 11 is 0. The zero-order chi connectivity index (χ0) is 13.7. The number of anilines is 1. The molecule has 8 heteroatoms. The van der Waals surface area contributed by atoms with Gasteiger partial charge in [0.1, 0.15) is 11.9 Å².